The summed E-state index contributed by atoms with van der Waals surface area (Å²) in [4.78, 5) is 9.34. The van der Waals surface area contributed by atoms with E-state index in [0.29, 0.717) is 6.29 Å². The Kier molecular flexibility index (Phi) is 1.88. The fraction of sp³-hybridized carbons (Fsp3) is 0. The summed E-state index contributed by atoms with van der Waals surface area (Å²) in [5, 5.41) is 0. The highest BCUT2D eigenvalue weighted by Crippen LogP contribution is 1.48. The van der Waals surface area contributed by atoms with Crippen molar-refractivity contribution in [2.24, 2.45) is 0 Å². The third-order valence-electron chi connectivity index (χ3n) is 0.164. The van der Waals surface area contributed by atoms with Crippen LogP contribution in [0.4, 0.5) is 0 Å². The lowest BCUT2D eigenvalue weighted by molar-refractivity contribution is -0.104. The van der Waals surface area contributed by atoms with Crippen molar-refractivity contribution in [1.82, 2.24) is 0 Å². The fourth-order valence-electron chi connectivity index (χ4n) is 0.0393. The summed E-state index contributed by atoms with van der Waals surface area (Å²) >= 11 is 0. The van der Waals surface area contributed by atoms with Gasteiger partial charge in [0, 0.05) is 1.37 Å². The van der Waals surface area contributed by atoms with Crippen LogP contribution in [0.15, 0.2) is 12.0 Å². The van der Waals surface area contributed by atoms with Gasteiger partial charge in [-0.3, -0.25) is 4.79 Å². The molecule has 0 aromatic heterocycles. The second-order valence-corrected chi connectivity index (χ2v) is 0.469. The van der Waals surface area contributed by atoms with Crippen LogP contribution in [0.1, 0.15) is 1.37 Å². The van der Waals surface area contributed by atoms with E-state index in [-0.39, 0.29) is 5.95 Å². The molecule has 1 nitrogen and oxygen atoms in total. The molecule has 0 aliphatic rings. The van der Waals surface area contributed by atoms with E-state index in [0.717, 1.165) is 6.08 Å². The maximum Gasteiger partial charge on any atom is 0.141 e. The SMILES string of the molecule is [2H]/C([B])=C\C=O. The number of allylic oxidation sites excluding steroid dienone is 1. The van der Waals surface area contributed by atoms with E-state index in [9.17, 15) is 4.79 Å². The molecule has 0 unspecified atom stereocenters. The highest BCUT2D eigenvalue weighted by atomic mass is 16.1. The summed E-state index contributed by atoms with van der Waals surface area (Å²) < 4.78 is 6.39. The number of carbonyl (C=O) groups excluding carboxylic acids is 1. The Hall–Kier alpha value is -0.525. The molecule has 0 aromatic rings. The van der Waals surface area contributed by atoms with Gasteiger partial charge in [0.25, 0.3) is 0 Å². The molecule has 24 valence electrons. The first kappa shape index (κ1) is 2.70. The van der Waals surface area contributed by atoms with Crippen LogP contribution in [0.3, 0.4) is 0 Å². The number of hydrogen-bond acceptors (Lipinski definition) is 1. The first-order valence-corrected chi connectivity index (χ1v) is 1.15. The lowest BCUT2D eigenvalue weighted by Crippen LogP contribution is -1.54. The lowest BCUT2D eigenvalue weighted by Gasteiger charge is -1.51. The van der Waals surface area contributed by atoms with Crippen LogP contribution in [0.25, 0.3) is 0 Å². The highest BCUT2D eigenvalue weighted by Gasteiger charge is 1.48. The standard InChI is InChI=1S/C3H3BO/c4-2-1-3-5/h1-3H/b2-1+/i2D. The predicted octanol–water partition coefficient (Wildman–Crippen LogP) is -0.133. The molecule has 2 radical (unpaired) electrons. The van der Waals surface area contributed by atoms with E-state index in [1.807, 2.05) is 0 Å². The van der Waals surface area contributed by atoms with Crippen molar-refractivity contribution in [3.63, 3.8) is 0 Å². The van der Waals surface area contributed by atoms with Gasteiger partial charge in [0.05, 0.1) is 0 Å². The van der Waals surface area contributed by atoms with E-state index in [2.05, 4.69) is 0 Å². The van der Waals surface area contributed by atoms with Gasteiger partial charge in [0.15, 0.2) is 0 Å². The van der Waals surface area contributed by atoms with Crippen molar-refractivity contribution in [1.29, 1.82) is 0 Å². The van der Waals surface area contributed by atoms with E-state index in [1.165, 1.54) is 0 Å². The van der Waals surface area contributed by atoms with Crippen LogP contribution in [0, 0.1) is 0 Å². The smallest absolute Gasteiger partial charge is 0.141 e. The van der Waals surface area contributed by atoms with E-state index in [4.69, 9.17) is 9.22 Å². The van der Waals surface area contributed by atoms with Crippen molar-refractivity contribution in [2.75, 3.05) is 0 Å². The molecule has 0 N–H and O–H groups in total. The van der Waals surface area contributed by atoms with Crippen LogP contribution in [0.2, 0.25) is 0 Å². The van der Waals surface area contributed by atoms with E-state index in [1.54, 1.807) is 0 Å². The van der Waals surface area contributed by atoms with Crippen molar-refractivity contribution in [3.05, 3.63) is 12.0 Å². The molecule has 0 amide bonds. The van der Waals surface area contributed by atoms with Crippen molar-refractivity contribution in [2.45, 2.75) is 0 Å². The van der Waals surface area contributed by atoms with Crippen molar-refractivity contribution < 1.29 is 6.17 Å². The second-order valence-electron chi connectivity index (χ2n) is 0.469. The average Bonchev–Trinajstić information content (AvgIpc) is 1.35. The zero-order chi connectivity index (χ0) is 4.99. The Labute approximate surface area is 33.5 Å². The summed E-state index contributed by atoms with van der Waals surface area (Å²) in [5.41, 5.74) is 0. The molecule has 0 aliphatic heterocycles. The second kappa shape index (κ2) is 3.47. The van der Waals surface area contributed by atoms with Crippen LogP contribution in [-0.2, 0) is 4.79 Å². The van der Waals surface area contributed by atoms with Crippen LogP contribution in [0.5, 0.6) is 0 Å². The first-order valence-electron chi connectivity index (χ1n) is 1.65. The topological polar surface area (TPSA) is 17.1 Å². The summed E-state index contributed by atoms with van der Waals surface area (Å²) in [6.45, 7) is 0. The zero-order valence-corrected chi connectivity index (χ0v) is 2.64. The summed E-state index contributed by atoms with van der Waals surface area (Å²) in [7, 11) is 4.70. The Morgan fingerprint density at radius 2 is 2.60 bits per heavy atom. The van der Waals surface area contributed by atoms with Gasteiger partial charge >= 0.3 is 0 Å². The largest absolute Gasteiger partial charge is 0.299 e. The van der Waals surface area contributed by atoms with Gasteiger partial charge in [0.1, 0.15) is 14.1 Å². The third kappa shape index (κ3) is 3.47. The monoisotopic (exact) mass is 67.0 g/mol. The van der Waals surface area contributed by atoms with Gasteiger partial charge in [-0.25, -0.2) is 0 Å². The maximum atomic E-state index is 9.34. The molecular weight excluding hydrogens is 62.8 g/mol. The van der Waals surface area contributed by atoms with E-state index >= 15 is 0 Å². The minimum Gasteiger partial charge on any atom is -0.299 e. The molecule has 2 heteroatoms. The van der Waals surface area contributed by atoms with Gasteiger partial charge in [0.2, 0.25) is 0 Å². The first-order chi connectivity index (χ1) is 2.77. The van der Waals surface area contributed by atoms with Gasteiger partial charge in [-0.15, -0.1) is 5.95 Å². The van der Waals surface area contributed by atoms with Crippen LogP contribution in [-0.4, -0.2) is 14.1 Å². The lowest BCUT2D eigenvalue weighted by atomic mass is 10.1. The van der Waals surface area contributed by atoms with Gasteiger partial charge in [-0.05, 0) is 6.08 Å². The molecule has 0 spiro atoms. The van der Waals surface area contributed by atoms with Gasteiger partial charge in [-0.2, -0.15) is 0 Å². The van der Waals surface area contributed by atoms with Gasteiger partial charge in [-0.1, -0.05) is 0 Å². The van der Waals surface area contributed by atoms with Crippen molar-refractivity contribution >= 4 is 14.1 Å². The molecule has 5 heavy (non-hydrogen) atoms. The summed E-state index contributed by atoms with van der Waals surface area (Å²) in [6.07, 6.45) is 1.45. The Morgan fingerprint density at radius 1 is 2.00 bits per heavy atom. The molecule has 0 saturated heterocycles. The molecule has 0 heterocycles. The minimum atomic E-state index is -0.204. The molecular formula is C3H3BO. The van der Waals surface area contributed by atoms with E-state index < -0.39 is 0 Å². The molecule has 0 bridgehead atoms. The molecule has 0 atom stereocenters. The molecule has 0 rings (SSSR count). The Bertz CT molecular complexity index is 74.9. The van der Waals surface area contributed by atoms with Gasteiger partial charge < -0.3 is 0 Å². The number of rotatable bonds is 1. The maximum absolute atomic E-state index is 9.34. The molecule has 0 fully saturated rings. The quantitative estimate of drug-likeness (QED) is 0.237. The summed E-state index contributed by atoms with van der Waals surface area (Å²) in [6, 6.07) is 0. The average molecular weight is 66.9 g/mol. The summed E-state index contributed by atoms with van der Waals surface area (Å²) in [5.74, 6) is -0.204. The highest BCUT2D eigenvalue weighted by molar-refractivity contribution is 6.18. The Balaban J connectivity index is 3.41. The van der Waals surface area contributed by atoms with Crippen molar-refractivity contribution in [3.8, 4) is 0 Å². The minimum absolute atomic E-state index is 0.204. The normalized spacial score (nSPS) is 13.6. The zero-order valence-electron chi connectivity index (χ0n) is 3.64. The molecule has 0 aromatic carbocycles. The fourth-order valence-corrected chi connectivity index (χ4v) is 0.0393. The molecule has 0 saturated carbocycles. The third-order valence-corrected chi connectivity index (χ3v) is 0.164. The molecule has 0 aliphatic carbocycles. The predicted molar refractivity (Wildman–Crippen MR) is 21.0 cm³/mol. The van der Waals surface area contributed by atoms with Crippen LogP contribution >= 0.6 is 0 Å². The number of carbonyl (C=O) groups is 1. The Morgan fingerprint density at radius 3 is 2.60 bits per heavy atom. The van der Waals surface area contributed by atoms with Crippen LogP contribution < -0.4 is 0 Å². The number of hydrogen-bond donors (Lipinski definition) is 0. The number of aldehydes is 1.